The minimum atomic E-state index is -0.994. The Hall–Kier alpha value is -1.75. The number of furan rings is 1. The fraction of sp³-hybridized carbons (Fsp3) is 0.200. The predicted octanol–water partition coefficient (Wildman–Crippen LogP) is 2.18. The van der Waals surface area contributed by atoms with E-state index in [1.165, 1.54) is 12.3 Å². The van der Waals surface area contributed by atoms with Crippen molar-refractivity contribution < 1.29 is 14.3 Å². The molecule has 0 atom stereocenters. The Bertz CT molecular complexity index is 530. The number of rotatable bonds is 3. The average Bonchev–Trinajstić information content (AvgIpc) is 2.73. The summed E-state index contributed by atoms with van der Waals surface area (Å²) >= 11 is 5.71. The van der Waals surface area contributed by atoms with Crippen molar-refractivity contribution in [3.05, 3.63) is 40.6 Å². The van der Waals surface area contributed by atoms with Gasteiger partial charge in [0.2, 0.25) is 0 Å². The van der Waals surface area contributed by atoms with E-state index in [0.717, 1.165) is 0 Å². The lowest BCUT2D eigenvalue weighted by atomic mass is 10.2. The lowest BCUT2D eigenvalue weighted by molar-refractivity contribution is 0.0695. The zero-order valence-corrected chi connectivity index (χ0v) is 9.23. The molecule has 0 fully saturated rings. The number of aromatic carboxylic acids is 1. The highest BCUT2D eigenvalue weighted by Crippen LogP contribution is 2.16. The van der Waals surface area contributed by atoms with E-state index in [0.29, 0.717) is 23.1 Å². The van der Waals surface area contributed by atoms with Crippen LogP contribution in [0.15, 0.2) is 22.9 Å². The zero-order chi connectivity index (χ0) is 11.7. The lowest BCUT2D eigenvalue weighted by Gasteiger charge is -1.95. The van der Waals surface area contributed by atoms with Crippen molar-refractivity contribution in [2.24, 2.45) is 0 Å². The van der Waals surface area contributed by atoms with Gasteiger partial charge in [-0.05, 0) is 13.0 Å². The Kier molecular flexibility index (Phi) is 2.70. The predicted molar refractivity (Wildman–Crippen MR) is 56.7 cm³/mol. The Morgan fingerprint density at radius 2 is 2.44 bits per heavy atom. The van der Waals surface area contributed by atoms with Gasteiger partial charge >= 0.3 is 5.97 Å². The lowest BCUT2D eigenvalue weighted by Crippen LogP contribution is -1.98. The number of carboxylic acid groups (broad SMARTS) is 1. The van der Waals surface area contributed by atoms with Crippen LogP contribution in [0.1, 0.15) is 21.9 Å². The summed E-state index contributed by atoms with van der Waals surface area (Å²) in [6.45, 7) is 1.98. The number of hydrogen-bond donors (Lipinski definition) is 1. The van der Waals surface area contributed by atoms with E-state index in [9.17, 15) is 4.79 Å². The smallest absolute Gasteiger partial charge is 0.339 e. The summed E-state index contributed by atoms with van der Waals surface area (Å²) in [7, 11) is 0. The van der Waals surface area contributed by atoms with Crippen LogP contribution in [0.4, 0.5) is 0 Å². The monoisotopic (exact) mass is 240 g/mol. The molecule has 6 heteroatoms. The molecule has 0 aromatic carbocycles. The van der Waals surface area contributed by atoms with E-state index in [1.54, 1.807) is 17.8 Å². The molecule has 2 rings (SSSR count). The van der Waals surface area contributed by atoms with Crippen LogP contribution in [-0.4, -0.2) is 20.9 Å². The van der Waals surface area contributed by atoms with Gasteiger partial charge in [-0.15, -0.1) is 0 Å². The first-order chi connectivity index (χ1) is 7.56. The van der Waals surface area contributed by atoms with E-state index >= 15 is 0 Å². The summed E-state index contributed by atoms with van der Waals surface area (Å²) in [6.07, 6.45) is 3.15. The van der Waals surface area contributed by atoms with Crippen LogP contribution in [-0.2, 0) is 6.54 Å². The fourth-order valence-electron chi connectivity index (χ4n) is 1.42. The molecular formula is C10H9ClN2O3. The third-order valence-corrected chi connectivity index (χ3v) is 2.31. The standard InChI is InChI=1S/C10H9ClN2O3/c1-6-9(10(14)15)2-8(16-6)5-13-4-7(11)3-12-13/h2-4H,5H2,1H3,(H,14,15). The van der Waals surface area contributed by atoms with Crippen molar-refractivity contribution in [2.45, 2.75) is 13.5 Å². The number of carbonyl (C=O) groups is 1. The molecule has 0 amide bonds. The van der Waals surface area contributed by atoms with Gasteiger partial charge in [0.25, 0.3) is 0 Å². The van der Waals surface area contributed by atoms with Gasteiger partial charge in [0, 0.05) is 6.20 Å². The molecule has 2 heterocycles. The first-order valence-electron chi connectivity index (χ1n) is 4.57. The van der Waals surface area contributed by atoms with Crippen molar-refractivity contribution >= 4 is 17.6 Å². The molecule has 0 spiro atoms. The Balaban J connectivity index is 2.22. The maximum atomic E-state index is 10.8. The highest BCUT2D eigenvalue weighted by molar-refractivity contribution is 6.30. The summed E-state index contributed by atoms with van der Waals surface area (Å²) in [4.78, 5) is 10.8. The first kappa shape index (κ1) is 10.8. The van der Waals surface area contributed by atoms with E-state index < -0.39 is 5.97 Å². The van der Waals surface area contributed by atoms with Gasteiger partial charge in [0.1, 0.15) is 17.1 Å². The molecule has 0 unspecified atom stereocenters. The topological polar surface area (TPSA) is 68.3 Å². The number of aryl methyl sites for hydroxylation is 1. The van der Waals surface area contributed by atoms with Gasteiger partial charge in [-0.1, -0.05) is 11.6 Å². The Labute approximate surface area is 96.2 Å². The number of nitrogens with zero attached hydrogens (tertiary/aromatic N) is 2. The molecule has 0 bridgehead atoms. The SMILES string of the molecule is Cc1oc(Cn2cc(Cl)cn2)cc1C(=O)O. The van der Waals surface area contributed by atoms with Crippen LogP contribution in [0.2, 0.25) is 5.02 Å². The minimum Gasteiger partial charge on any atom is -0.478 e. The molecule has 0 aliphatic rings. The van der Waals surface area contributed by atoms with E-state index in [1.807, 2.05) is 0 Å². The van der Waals surface area contributed by atoms with Crippen molar-refractivity contribution in [3.63, 3.8) is 0 Å². The second-order valence-electron chi connectivity index (χ2n) is 3.34. The summed E-state index contributed by atoms with van der Waals surface area (Å²) in [6, 6.07) is 1.49. The van der Waals surface area contributed by atoms with Crippen LogP contribution in [0, 0.1) is 6.92 Å². The van der Waals surface area contributed by atoms with Crippen LogP contribution in [0.25, 0.3) is 0 Å². The summed E-state index contributed by atoms with van der Waals surface area (Å²) < 4.78 is 6.88. The van der Waals surface area contributed by atoms with Crippen LogP contribution in [0.3, 0.4) is 0 Å². The van der Waals surface area contributed by atoms with Crippen LogP contribution >= 0.6 is 11.6 Å². The van der Waals surface area contributed by atoms with Gasteiger partial charge < -0.3 is 9.52 Å². The largest absolute Gasteiger partial charge is 0.478 e. The fourth-order valence-corrected chi connectivity index (χ4v) is 1.57. The maximum Gasteiger partial charge on any atom is 0.339 e. The number of carboxylic acids is 1. The normalized spacial score (nSPS) is 10.6. The molecule has 0 aliphatic heterocycles. The molecule has 0 aliphatic carbocycles. The summed E-state index contributed by atoms with van der Waals surface area (Å²) in [5.74, 6) is -0.0681. The third kappa shape index (κ3) is 2.09. The van der Waals surface area contributed by atoms with Crippen molar-refractivity contribution in [2.75, 3.05) is 0 Å². The van der Waals surface area contributed by atoms with E-state index in [-0.39, 0.29) is 5.56 Å². The van der Waals surface area contributed by atoms with Gasteiger partial charge in [0.15, 0.2) is 0 Å². The molecule has 84 valence electrons. The number of hydrogen-bond acceptors (Lipinski definition) is 3. The van der Waals surface area contributed by atoms with Crippen LogP contribution < -0.4 is 0 Å². The third-order valence-electron chi connectivity index (χ3n) is 2.12. The zero-order valence-electron chi connectivity index (χ0n) is 8.48. The average molecular weight is 241 g/mol. The van der Waals surface area contributed by atoms with E-state index in [4.69, 9.17) is 21.1 Å². The van der Waals surface area contributed by atoms with Gasteiger partial charge in [-0.2, -0.15) is 5.10 Å². The molecule has 1 N–H and O–H groups in total. The maximum absolute atomic E-state index is 10.8. The van der Waals surface area contributed by atoms with E-state index in [2.05, 4.69) is 5.10 Å². The van der Waals surface area contributed by atoms with Gasteiger partial charge in [-0.3, -0.25) is 4.68 Å². The molecule has 0 saturated carbocycles. The first-order valence-corrected chi connectivity index (χ1v) is 4.94. The second kappa shape index (κ2) is 4.02. The highest BCUT2D eigenvalue weighted by Gasteiger charge is 2.13. The summed E-state index contributed by atoms with van der Waals surface area (Å²) in [5, 5.41) is 13.3. The number of aromatic nitrogens is 2. The number of halogens is 1. The molecule has 2 aromatic heterocycles. The van der Waals surface area contributed by atoms with Crippen molar-refractivity contribution in [1.29, 1.82) is 0 Å². The Morgan fingerprint density at radius 3 is 2.94 bits per heavy atom. The van der Waals surface area contributed by atoms with Crippen LogP contribution in [0.5, 0.6) is 0 Å². The molecule has 16 heavy (non-hydrogen) atoms. The van der Waals surface area contributed by atoms with Gasteiger partial charge in [-0.25, -0.2) is 4.79 Å². The quantitative estimate of drug-likeness (QED) is 0.893. The highest BCUT2D eigenvalue weighted by atomic mass is 35.5. The molecular weight excluding hydrogens is 232 g/mol. The summed E-state index contributed by atoms with van der Waals surface area (Å²) in [5.41, 5.74) is 0.174. The molecule has 5 nitrogen and oxygen atoms in total. The second-order valence-corrected chi connectivity index (χ2v) is 3.78. The Morgan fingerprint density at radius 1 is 1.69 bits per heavy atom. The van der Waals surface area contributed by atoms with Crippen molar-refractivity contribution in [3.8, 4) is 0 Å². The van der Waals surface area contributed by atoms with Crippen molar-refractivity contribution in [1.82, 2.24) is 9.78 Å². The molecule has 0 radical (unpaired) electrons. The van der Waals surface area contributed by atoms with Gasteiger partial charge in [0.05, 0.1) is 17.8 Å². The molecule has 0 saturated heterocycles. The minimum absolute atomic E-state index is 0.174. The molecule has 2 aromatic rings.